The minimum absolute atomic E-state index is 0.294. The lowest BCUT2D eigenvalue weighted by Crippen LogP contribution is -2.37. The van der Waals surface area contributed by atoms with Gasteiger partial charge in [0.15, 0.2) is 5.92 Å². The average molecular weight is 234 g/mol. The van der Waals surface area contributed by atoms with Crippen LogP contribution in [0.2, 0.25) is 0 Å². The summed E-state index contributed by atoms with van der Waals surface area (Å²) in [6.07, 6.45) is 1.77. The third kappa shape index (κ3) is 5.06. The molecule has 0 aliphatic carbocycles. The highest BCUT2D eigenvalue weighted by molar-refractivity contribution is 7.99. The molecule has 2 unspecified atom stereocenters. The molecule has 0 amide bonds. The Labute approximate surface area is 94.4 Å². The zero-order valence-corrected chi connectivity index (χ0v) is 10.6. The molecule has 5 heteroatoms. The Kier molecular flexibility index (Phi) is 5.14. The summed E-state index contributed by atoms with van der Waals surface area (Å²) in [5.74, 6) is -2.90. The third-order valence-electron chi connectivity index (χ3n) is 1.77. The molecule has 0 rings (SSSR count). The Bertz CT molecular complexity index is 244. The van der Waals surface area contributed by atoms with E-state index >= 15 is 0 Å². The van der Waals surface area contributed by atoms with Crippen LogP contribution in [-0.2, 0) is 14.3 Å². The zero-order chi connectivity index (χ0) is 12.2. The smallest absolute Gasteiger partial charge is 0.321 e. The lowest BCUT2D eigenvalue weighted by molar-refractivity contribution is -0.166. The number of esters is 1. The predicted octanol–water partition coefficient (Wildman–Crippen LogP) is 1.78. The Morgan fingerprint density at radius 2 is 1.80 bits per heavy atom. The molecule has 2 atom stereocenters. The number of carboxylic acids is 1. The van der Waals surface area contributed by atoms with Crippen molar-refractivity contribution in [2.45, 2.75) is 38.5 Å². The normalized spacial score (nSPS) is 15.5. The van der Waals surface area contributed by atoms with E-state index in [2.05, 4.69) is 0 Å². The minimum Gasteiger partial charge on any atom is -0.481 e. The van der Waals surface area contributed by atoms with Gasteiger partial charge >= 0.3 is 11.9 Å². The number of carboxylic acid groups (broad SMARTS) is 1. The van der Waals surface area contributed by atoms with Crippen molar-refractivity contribution in [3.63, 3.8) is 0 Å². The van der Waals surface area contributed by atoms with Crippen LogP contribution in [0.3, 0.4) is 0 Å². The quantitative estimate of drug-likeness (QED) is 0.593. The second-order valence-electron chi connectivity index (χ2n) is 4.29. The molecule has 0 fully saturated rings. The van der Waals surface area contributed by atoms with E-state index in [1.807, 2.05) is 0 Å². The first-order chi connectivity index (χ1) is 6.69. The monoisotopic (exact) mass is 234 g/mol. The van der Waals surface area contributed by atoms with Crippen LogP contribution in [0.4, 0.5) is 0 Å². The zero-order valence-electron chi connectivity index (χ0n) is 9.73. The molecule has 0 radical (unpaired) electrons. The maximum atomic E-state index is 11.6. The van der Waals surface area contributed by atoms with Gasteiger partial charge in [0.25, 0.3) is 0 Å². The molecular weight excluding hydrogens is 216 g/mol. The molecule has 0 aromatic carbocycles. The fourth-order valence-electron chi connectivity index (χ4n) is 0.995. The van der Waals surface area contributed by atoms with Crippen molar-refractivity contribution < 1.29 is 19.4 Å². The second kappa shape index (κ2) is 5.39. The van der Waals surface area contributed by atoms with Gasteiger partial charge in [-0.25, -0.2) is 0 Å². The standard InChI is InChI=1S/C10H18O4S/c1-6(15-5)7(8(11)12)9(13)14-10(2,3)4/h6-7H,1-5H3,(H,11,12). The van der Waals surface area contributed by atoms with Crippen LogP contribution in [0.1, 0.15) is 27.7 Å². The minimum atomic E-state index is -1.13. The van der Waals surface area contributed by atoms with Crippen LogP contribution < -0.4 is 0 Å². The van der Waals surface area contributed by atoms with Gasteiger partial charge in [-0.15, -0.1) is 0 Å². The Morgan fingerprint density at radius 1 is 1.33 bits per heavy atom. The topological polar surface area (TPSA) is 63.6 Å². The van der Waals surface area contributed by atoms with Gasteiger partial charge in [-0.3, -0.25) is 9.59 Å². The van der Waals surface area contributed by atoms with Crippen molar-refractivity contribution in [2.75, 3.05) is 6.26 Å². The molecule has 88 valence electrons. The molecule has 0 bridgehead atoms. The molecule has 0 spiro atoms. The van der Waals surface area contributed by atoms with E-state index in [0.29, 0.717) is 0 Å². The summed E-state index contributed by atoms with van der Waals surface area (Å²) >= 11 is 1.33. The van der Waals surface area contributed by atoms with Crippen molar-refractivity contribution >= 4 is 23.7 Å². The van der Waals surface area contributed by atoms with Gasteiger partial charge < -0.3 is 9.84 Å². The highest BCUT2D eigenvalue weighted by Gasteiger charge is 2.35. The molecule has 0 aromatic rings. The summed E-state index contributed by atoms with van der Waals surface area (Å²) in [5.41, 5.74) is -0.650. The maximum absolute atomic E-state index is 11.6. The number of hydrogen-bond donors (Lipinski definition) is 1. The molecule has 15 heavy (non-hydrogen) atoms. The van der Waals surface area contributed by atoms with Crippen molar-refractivity contribution in [2.24, 2.45) is 5.92 Å². The Balaban J connectivity index is 4.65. The van der Waals surface area contributed by atoms with E-state index in [0.717, 1.165) is 0 Å². The molecule has 0 aromatic heterocycles. The molecule has 1 N–H and O–H groups in total. The molecule has 0 saturated carbocycles. The fraction of sp³-hybridized carbons (Fsp3) is 0.800. The number of ether oxygens (including phenoxy) is 1. The van der Waals surface area contributed by atoms with Crippen molar-refractivity contribution in [3.8, 4) is 0 Å². The second-order valence-corrected chi connectivity index (χ2v) is 5.51. The van der Waals surface area contributed by atoms with Crippen LogP contribution in [0.5, 0.6) is 0 Å². The first kappa shape index (κ1) is 14.3. The number of carbonyl (C=O) groups excluding carboxylic acids is 1. The van der Waals surface area contributed by atoms with Crippen LogP contribution in [0.15, 0.2) is 0 Å². The van der Waals surface area contributed by atoms with E-state index in [1.165, 1.54) is 11.8 Å². The van der Waals surface area contributed by atoms with Crippen molar-refractivity contribution in [1.82, 2.24) is 0 Å². The number of aliphatic carboxylic acids is 1. The van der Waals surface area contributed by atoms with Crippen LogP contribution in [-0.4, -0.2) is 34.2 Å². The highest BCUT2D eigenvalue weighted by Crippen LogP contribution is 2.21. The highest BCUT2D eigenvalue weighted by atomic mass is 32.2. The largest absolute Gasteiger partial charge is 0.481 e. The molecule has 0 aliphatic rings. The molecule has 0 saturated heterocycles. The first-order valence-electron chi connectivity index (χ1n) is 4.67. The number of rotatable bonds is 4. The van der Waals surface area contributed by atoms with E-state index in [4.69, 9.17) is 9.84 Å². The molecule has 0 heterocycles. The molecular formula is C10H18O4S. The van der Waals surface area contributed by atoms with E-state index in [-0.39, 0.29) is 5.25 Å². The van der Waals surface area contributed by atoms with Gasteiger partial charge in [0.1, 0.15) is 5.60 Å². The summed E-state index contributed by atoms with van der Waals surface area (Å²) in [6.45, 7) is 6.85. The number of hydrogen-bond acceptors (Lipinski definition) is 4. The summed E-state index contributed by atoms with van der Waals surface area (Å²) in [4.78, 5) is 22.5. The van der Waals surface area contributed by atoms with Crippen LogP contribution >= 0.6 is 11.8 Å². The summed E-state index contributed by atoms with van der Waals surface area (Å²) in [5, 5.41) is 8.63. The van der Waals surface area contributed by atoms with Crippen LogP contribution in [0, 0.1) is 5.92 Å². The van der Waals surface area contributed by atoms with E-state index < -0.39 is 23.5 Å². The third-order valence-corrected chi connectivity index (χ3v) is 2.78. The van der Waals surface area contributed by atoms with Gasteiger partial charge in [0.2, 0.25) is 0 Å². The summed E-state index contributed by atoms with van der Waals surface area (Å²) < 4.78 is 5.05. The lowest BCUT2D eigenvalue weighted by Gasteiger charge is -2.24. The number of thioether (sulfide) groups is 1. The Morgan fingerprint density at radius 3 is 2.07 bits per heavy atom. The Hall–Kier alpha value is -0.710. The van der Waals surface area contributed by atoms with Gasteiger partial charge in [-0.05, 0) is 27.0 Å². The predicted molar refractivity (Wildman–Crippen MR) is 59.9 cm³/mol. The van der Waals surface area contributed by atoms with Crippen molar-refractivity contribution in [3.05, 3.63) is 0 Å². The number of carbonyl (C=O) groups is 2. The maximum Gasteiger partial charge on any atom is 0.321 e. The average Bonchev–Trinajstić information content (AvgIpc) is 1.99. The molecule has 4 nitrogen and oxygen atoms in total. The first-order valence-corrected chi connectivity index (χ1v) is 5.96. The van der Waals surface area contributed by atoms with Crippen LogP contribution in [0.25, 0.3) is 0 Å². The molecule has 0 aliphatic heterocycles. The van der Waals surface area contributed by atoms with E-state index in [1.54, 1.807) is 34.0 Å². The van der Waals surface area contributed by atoms with Crippen molar-refractivity contribution in [1.29, 1.82) is 0 Å². The lowest BCUT2D eigenvalue weighted by atomic mass is 10.1. The van der Waals surface area contributed by atoms with Gasteiger partial charge in [-0.1, -0.05) is 6.92 Å². The van der Waals surface area contributed by atoms with Gasteiger partial charge in [0.05, 0.1) is 0 Å². The summed E-state index contributed by atoms with van der Waals surface area (Å²) in [6, 6.07) is 0. The summed E-state index contributed by atoms with van der Waals surface area (Å²) in [7, 11) is 0. The van der Waals surface area contributed by atoms with E-state index in [9.17, 15) is 9.59 Å². The SMILES string of the molecule is CSC(C)C(C(=O)O)C(=O)OC(C)(C)C. The van der Waals surface area contributed by atoms with Gasteiger partial charge in [-0.2, -0.15) is 11.8 Å². The fourth-order valence-corrected chi connectivity index (χ4v) is 1.49. The van der Waals surface area contributed by atoms with Gasteiger partial charge in [0, 0.05) is 5.25 Å².